The highest BCUT2D eigenvalue weighted by molar-refractivity contribution is 6.34. The Labute approximate surface area is 195 Å². The second-order valence-electron chi connectivity index (χ2n) is 7.55. The summed E-state index contributed by atoms with van der Waals surface area (Å²) in [5.41, 5.74) is 3.45. The molecule has 8 nitrogen and oxygen atoms in total. The monoisotopic (exact) mass is 464 g/mol. The molecule has 1 aliphatic heterocycles. The van der Waals surface area contributed by atoms with Crippen LogP contribution >= 0.6 is 11.6 Å². The van der Waals surface area contributed by atoms with E-state index in [1.54, 1.807) is 24.3 Å². The van der Waals surface area contributed by atoms with Gasteiger partial charge in [-0.3, -0.25) is 19.7 Å². The Hall–Kier alpha value is -3.91. The van der Waals surface area contributed by atoms with Gasteiger partial charge in [-0.2, -0.15) is 0 Å². The highest BCUT2D eigenvalue weighted by atomic mass is 35.5. The van der Waals surface area contributed by atoms with Crippen LogP contribution in [0.3, 0.4) is 0 Å². The number of nitrogens with one attached hydrogen (secondary N) is 2. The van der Waals surface area contributed by atoms with Gasteiger partial charge in [-0.15, -0.1) is 0 Å². The lowest BCUT2D eigenvalue weighted by Gasteiger charge is -2.18. The zero-order valence-corrected chi connectivity index (χ0v) is 18.6. The molecule has 0 saturated heterocycles. The number of para-hydroxylation sites is 1. The third kappa shape index (κ3) is 4.65. The van der Waals surface area contributed by atoms with Crippen molar-refractivity contribution in [3.63, 3.8) is 0 Å². The number of amides is 2. The van der Waals surface area contributed by atoms with Gasteiger partial charge in [0, 0.05) is 36.6 Å². The van der Waals surface area contributed by atoms with Gasteiger partial charge < -0.3 is 15.5 Å². The van der Waals surface area contributed by atoms with Crippen LogP contribution in [0.5, 0.6) is 0 Å². The van der Waals surface area contributed by atoms with Crippen molar-refractivity contribution >= 4 is 46.2 Å². The molecule has 3 aromatic rings. The number of carbonyl (C=O) groups is 2. The van der Waals surface area contributed by atoms with Crippen LogP contribution in [0.2, 0.25) is 5.02 Å². The largest absolute Gasteiger partial charge is 0.371 e. The Morgan fingerprint density at radius 3 is 2.52 bits per heavy atom. The van der Waals surface area contributed by atoms with E-state index in [0.29, 0.717) is 11.4 Å². The summed E-state index contributed by atoms with van der Waals surface area (Å²) in [6.07, 6.45) is 0.984. The highest BCUT2D eigenvalue weighted by Crippen LogP contribution is 2.31. The first-order chi connectivity index (χ1) is 15.9. The standard InChI is InChI=1S/C24H21ClN4O4/c1-2-28-12-11-15-7-8-16(13-22(15)28)26-24(31)19-5-3-4-6-21(19)27-23(30)18-10-9-17(29(32)33)14-20(18)25/h3-10,13-14H,2,11-12H2,1H3,(H,26,31)(H,27,30). The lowest BCUT2D eigenvalue weighted by atomic mass is 10.1. The third-order valence-corrected chi connectivity index (χ3v) is 5.86. The molecule has 0 atom stereocenters. The number of halogens is 1. The molecule has 0 aromatic heterocycles. The number of rotatable bonds is 6. The molecule has 168 valence electrons. The molecule has 3 aromatic carbocycles. The number of fused-ring (bicyclic) bond motifs is 1. The number of non-ortho nitro benzene ring substituents is 1. The summed E-state index contributed by atoms with van der Waals surface area (Å²) in [6.45, 7) is 3.95. The third-order valence-electron chi connectivity index (χ3n) is 5.54. The Kier molecular flexibility index (Phi) is 6.28. The molecule has 1 aliphatic rings. The predicted molar refractivity (Wildman–Crippen MR) is 128 cm³/mol. The predicted octanol–water partition coefficient (Wildman–Crippen LogP) is 5.14. The van der Waals surface area contributed by atoms with Crippen LogP contribution in [0.25, 0.3) is 0 Å². The second-order valence-corrected chi connectivity index (χ2v) is 7.96. The fourth-order valence-electron chi connectivity index (χ4n) is 3.83. The lowest BCUT2D eigenvalue weighted by Crippen LogP contribution is -2.20. The van der Waals surface area contributed by atoms with Crippen LogP contribution in [0.1, 0.15) is 33.2 Å². The Balaban J connectivity index is 1.54. The zero-order chi connectivity index (χ0) is 23.5. The van der Waals surface area contributed by atoms with Crippen molar-refractivity contribution in [2.75, 3.05) is 28.6 Å². The summed E-state index contributed by atoms with van der Waals surface area (Å²) < 4.78 is 0. The van der Waals surface area contributed by atoms with Gasteiger partial charge in [0.15, 0.2) is 0 Å². The van der Waals surface area contributed by atoms with Gasteiger partial charge in [0.1, 0.15) is 0 Å². The van der Waals surface area contributed by atoms with Crippen molar-refractivity contribution in [2.24, 2.45) is 0 Å². The average Bonchev–Trinajstić information content (AvgIpc) is 3.21. The zero-order valence-electron chi connectivity index (χ0n) is 17.8. The number of nitro benzene ring substituents is 1. The molecule has 0 radical (unpaired) electrons. The summed E-state index contributed by atoms with van der Waals surface area (Å²) >= 11 is 6.07. The van der Waals surface area contributed by atoms with Gasteiger partial charge in [0.05, 0.1) is 26.8 Å². The number of nitro groups is 1. The molecular formula is C24H21ClN4O4. The normalized spacial score (nSPS) is 12.2. The quantitative estimate of drug-likeness (QED) is 0.388. The van der Waals surface area contributed by atoms with Gasteiger partial charge in [-0.05, 0) is 49.2 Å². The summed E-state index contributed by atoms with van der Waals surface area (Å²) in [7, 11) is 0. The average molecular weight is 465 g/mol. The summed E-state index contributed by atoms with van der Waals surface area (Å²) in [4.78, 5) is 38.3. The Bertz CT molecular complexity index is 1260. The van der Waals surface area contributed by atoms with E-state index in [0.717, 1.165) is 31.3 Å². The van der Waals surface area contributed by atoms with E-state index >= 15 is 0 Å². The van der Waals surface area contributed by atoms with Crippen LogP contribution < -0.4 is 15.5 Å². The first-order valence-corrected chi connectivity index (χ1v) is 10.8. The van der Waals surface area contributed by atoms with Crippen molar-refractivity contribution in [3.8, 4) is 0 Å². The van der Waals surface area contributed by atoms with Gasteiger partial charge in [0.2, 0.25) is 0 Å². The maximum atomic E-state index is 13.0. The molecule has 0 unspecified atom stereocenters. The Morgan fingerprint density at radius 2 is 1.79 bits per heavy atom. The molecule has 0 fully saturated rings. The number of likely N-dealkylation sites (N-methyl/N-ethyl adjacent to an activating group) is 1. The molecule has 33 heavy (non-hydrogen) atoms. The van der Waals surface area contributed by atoms with E-state index in [1.165, 1.54) is 17.7 Å². The topological polar surface area (TPSA) is 105 Å². The van der Waals surface area contributed by atoms with Gasteiger partial charge in [0.25, 0.3) is 17.5 Å². The first-order valence-electron chi connectivity index (χ1n) is 10.4. The SMILES string of the molecule is CCN1CCc2ccc(NC(=O)c3ccccc3NC(=O)c3ccc([N+](=O)[O-])cc3Cl)cc21. The molecule has 1 heterocycles. The van der Waals surface area contributed by atoms with Crippen LogP contribution in [0, 0.1) is 10.1 Å². The molecule has 0 saturated carbocycles. The number of nitrogens with zero attached hydrogens (tertiary/aromatic N) is 2. The molecule has 4 rings (SSSR count). The maximum absolute atomic E-state index is 13.0. The van der Waals surface area contributed by atoms with Gasteiger partial charge in [-0.1, -0.05) is 29.8 Å². The number of hydrogen-bond donors (Lipinski definition) is 2. The molecule has 2 amide bonds. The van der Waals surface area contributed by atoms with E-state index in [9.17, 15) is 19.7 Å². The van der Waals surface area contributed by atoms with Gasteiger partial charge in [-0.25, -0.2) is 0 Å². The van der Waals surface area contributed by atoms with E-state index in [1.807, 2.05) is 18.2 Å². The Morgan fingerprint density at radius 1 is 1.03 bits per heavy atom. The van der Waals surface area contributed by atoms with Crippen molar-refractivity contribution in [2.45, 2.75) is 13.3 Å². The second kappa shape index (κ2) is 9.30. The van der Waals surface area contributed by atoms with Crippen molar-refractivity contribution in [3.05, 3.63) is 92.5 Å². The number of anilines is 3. The molecule has 0 bridgehead atoms. The van der Waals surface area contributed by atoms with Crippen LogP contribution in [-0.4, -0.2) is 29.8 Å². The van der Waals surface area contributed by atoms with E-state index in [2.05, 4.69) is 22.5 Å². The van der Waals surface area contributed by atoms with E-state index < -0.39 is 10.8 Å². The fourth-order valence-corrected chi connectivity index (χ4v) is 4.09. The molecule has 0 aliphatic carbocycles. The summed E-state index contributed by atoms with van der Waals surface area (Å²) in [6, 6.07) is 16.0. The van der Waals surface area contributed by atoms with E-state index in [-0.39, 0.29) is 27.7 Å². The lowest BCUT2D eigenvalue weighted by molar-refractivity contribution is -0.384. The smallest absolute Gasteiger partial charge is 0.270 e. The number of carbonyl (C=O) groups excluding carboxylic acids is 2. The summed E-state index contributed by atoms with van der Waals surface area (Å²) in [5.74, 6) is -0.951. The molecule has 2 N–H and O–H groups in total. The van der Waals surface area contributed by atoms with Crippen molar-refractivity contribution in [1.82, 2.24) is 0 Å². The maximum Gasteiger partial charge on any atom is 0.270 e. The molecular weight excluding hydrogens is 444 g/mol. The highest BCUT2D eigenvalue weighted by Gasteiger charge is 2.20. The van der Waals surface area contributed by atoms with Gasteiger partial charge >= 0.3 is 0 Å². The van der Waals surface area contributed by atoms with Crippen molar-refractivity contribution < 1.29 is 14.5 Å². The molecule has 9 heteroatoms. The van der Waals surface area contributed by atoms with Crippen LogP contribution in [0.15, 0.2) is 60.7 Å². The fraction of sp³-hybridized carbons (Fsp3) is 0.167. The van der Waals surface area contributed by atoms with Crippen LogP contribution in [-0.2, 0) is 6.42 Å². The minimum absolute atomic E-state index is 0.0535. The van der Waals surface area contributed by atoms with E-state index in [4.69, 9.17) is 11.6 Å². The van der Waals surface area contributed by atoms with Crippen molar-refractivity contribution in [1.29, 1.82) is 0 Å². The van der Waals surface area contributed by atoms with Crippen LogP contribution in [0.4, 0.5) is 22.7 Å². The molecule has 0 spiro atoms. The first kappa shape index (κ1) is 22.3. The number of hydrogen-bond acceptors (Lipinski definition) is 5. The number of benzene rings is 3. The minimum Gasteiger partial charge on any atom is -0.371 e. The summed E-state index contributed by atoms with van der Waals surface area (Å²) in [5, 5.41) is 16.4. The minimum atomic E-state index is -0.591.